The van der Waals surface area contributed by atoms with Gasteiger partial charge < -0.3 is 9.64 Å². The highest BCUT2D eigenvalue weighted by Gasteiger charge is 2.14. The average Bonchev–Trinajstić information content (AvgIpc) is 2.38. The number of halogens is 3. The van der Waals surface area contributed by atoms with Crippen molar-refractivity contribution in [1.82, 2.24) is 4.90 Å². The smallest absolute Gasteiger partial charge is 0.387 e. The molecule has 19 heavy (non-hydrogen) atoms. The molecule has 0 saturated carbocycles. The van der Waals surface area contributed by atoms with E-state index in [-0.39, 0.29) is 11.7 Å². The predicted octanol–water partition coefficient (Wildman–Crippen LogP) is 3.54. The molecule has 6 heteroatoms. The lowest BCUT2D eigenvalue weighted by Crippen LogP contribution is -2.33. The summed E-state index contributed by atoms with van der Waals surface area (Å²) in [6, 6.07) is 5.74. The summed E-state index contributed by atoms with van der Waals surface area (Å²) in [5.41, 5.74) is 0.469. The molecule has 0 aliphatic carbocycles. The minimum atomic E-state index is -2.86. The number of nitrogens with zero attached hydrogens (tertiary/aromatic N) is 1. The van der Waals surface area contributed by atoms with Crippen molar-refractivity contribution in [2.75, 3.05) is 18.4 Å². The van der Waals surface area contributed by atoms with Crippen LogP contribution in [-0.2, 0) is 0 Å². The molecule has 1 amide bonds. The molecule has 1 aromatic carbocycles. The zero-order chi connectivity index (χ0) is 14.3. The maximum absolute atomic E-state index is 12.2. The van der Waals surface area contributed by atoms with Gasteiger partial charge in [0, 0.05) is 24.0 Å². The fraction of sp³-hybridized carbons (Fsp3) is 0.462. The van der Waals surface area contributed by atoms with E-state index in [0.717, 1.165) is 6.42 Å². The zero-order valence-corrected chi connectivity index (χ0v) is 12.2. The van der Waals surface area contributed by atoms with Crippen LogP contribution < -0.4 is 4.74 Å². The van der Waals surface area contributed by atoms with Gasteiger partial charge in [0.1, 0.15) is 5.75 Å². The summed E-state index contributed by atoms with van der Waals surface area (Å²) in [6.45, 7) is 0.419. The van der Waals surface area contributed by atoms with E-state index in [2.05, 4.69) is 20.7 Å². The fourth-order valence-electron chi connectivity index (χ4n) is 1.65. The number of rotatable bonds is 7. The van der Waals surface area contributed by atoms with Crippen LogP contribution in [0.4, 0.5) is 8.78 Å². The van der Waals surface area contributed by atoms with Crippen molar-refractivity contribution in [3.63, 3.8) is 0 Å². The summed E-state index contributed by atoms with van der Waals surface area (Å²) < 4.78 is 28.3. The second-order valence-electron chi connectivity index (χ2n) is 3.88. The molecular formula is C13H16BrF2NO2. The summed E-state index contributed by atoms with van der Waals surface area (Å²) in [7, 11) is 0. The minimum absolute atomic E-state index is 0.0501. The molecule has 0 N–H and O–H groups in total. The van der Waals surface area contributed by atoms with E-state index < -0.39 is 6.61 Å². The van der Waals surface area contributed by atoms with Gasteiger partial charge in [-0.25, -0.2) is 0 Å². The van der Waals surface area contributed by atoms with Gasteiger partial charge in [-0.15, -0.1) is 0 Å². The van der Waals surface area contributed by atoms with Crippen LogP contribution >= 0.6 is 15.9 Å². The summed E-state index contributed by atoms with van der Waals surface area (Å²) in [6.07, 6.45) is 0.866. The third-order valence-electron chi connectivity index (χ3n) is 2.46. The van der Waals surface area contributed by atoms with E-state index in [1.54, 1.807) is 4.90 Å². The number of amides is 1. The normalized spacial score (nSPS) is 10.6. The van der Waals surface area contributed by atoms with Crippen LogP contribution in [0.3, 0.4) is 0 Å². The van der Waals surface area contributed by atoms with E-state index in [1.807, 2.05) is 6.92 Å². The first-order chi connectivity index (χ1) is 9.08. The summed E-state index contributed by atoms with van der Waals surface area (Å²) in [5, 5.41) is 0.700. The number of hydrogen-bond acceptors (Lipinski definition) is 2. The average molecular weight is 336 g/mol. The van der Waals surface area contributed by atoms with E-state index in [0.29, 0.717) is 24.0 Å². The molecule has 0 fully saturated rings. The van der Waals surface area contributed by atoms with Gasteiger partial charge in [-0.05, 0) is 30.7 Å². The highest BCUT2D eigenvalue weighted by Crippen LogP contribution is 2.16. The van der Waals surface area contributed by atoms with Gasteiger partial charge in [-0.2, -0.15) is 8.78 Å². The van der Waals surface area contributed by atoms with E-state index >= 15 is 0 Å². The Morgan fingerprint density at radius 1 is 1.32 bits per heavy atom. The number of carbonyl (C=O) groups excluding carboxylic acids is 1. The Kier molecular flexibility index (Phi) is 6.77. The van der Waals surface area contributed by atoms with Gasteiger partial charge in [0.25, 0.3) is 5.91 Å². The first-order valence-corrected chi connectivity index (χ1v) is 7.10. The molecule has 3 nitrogen and oxygen atoms in total. The van der Waals surface area contributed by atoms with Crippen molar-refractivity contribution in [2.45, 2.75) is 20.0 Å². The first-order valence-electron chi connectivity index (χ1n) is 5.98. The van der Waals surface area contributed by atoms with Crippen molar-refractivity contribution in [3.05, 3.63) is 29.8 Å². The SMILES string of the molecule is CCCN(CCBr)C(=O)c1ccc(OC(F)F)cc1. The highest BCUT2D eigenvalue weighted by atomic mass is 79.9. The summed E-state index contributed by atoms with van der Waals surface area (Å²) in [4.78, 5) is 13.9. The van der Waals surface area contributed by atoms with Crippen LogP contribution in [0.1, 0.15) is 23.7 Å². The van der Waals surface area contributed by atoms with Crippen LogP contribution in [0.5, 0.6) is 5.75 Å². The number of carbonyl (C=O) groups is 1. The molecule has 0 unspecified atom stereocenters. The Balaban J connectivity index is 2.75. The molecule has 0 saturated heterocycles. The molecule has 106 valence electrons. The van der Waals surface area contributed by atoms with Gasteiger partial charge >= 0.3 is 6.61 Å². The zero-order valence-electron chi connectivity index (χ0n) is 10.6. The van der Waals surface area contributed by atoms with Crippen molar-refractivity contribution in [3.8, 4) is 5.75 Å². The number of ether oxygens (including phenoxy) is 1. The Morgan fingerprint density at radius 2 is 1.95 bits per heavy atom. The number of benzene rings is 1. The van der Waals surface area contributed by atoms with Crippen LogP contribution in [0.15, 0.2) is 24.3 Å². The topological polar surface area (TPSA) is 29.5 Å². The lowest BCUT2D eigenvalue weighted by molar-refractivity contribution is -0.0498. The molecule has 1 aromatic rings. The largest absolute Gasteiger partial charge is 0.435 e. The van der Waals surface area contributed by atoms with Crippen LogP contribution in [0, 0.1) is 0 Å². The maximum atomic E-state index is 12.2. The monoisotopic (exact) mass is 335 g/mol. The maximum Gasteiger partial charge on any atom is 0.387 e. The molecule has 0 radical (unpaired) electrons. The lowest BCUT2D eigenvalue weighted by atomic mass is 10.2. The molecule has 0 atom stereocenters. The summed E-state index contributed by atoms with van der Waals surface area (Å²) in [5.74, 6) is -0.0565. The highest BCUT2D eigenvalue weighted by molar-refractivity contribution is 9.09. The van der Waals surface area contributed by atoms with Gasteiger partial charge in [0.05, 0.1) is 0 Å². The molecule has 0 heterocycles. The third-order valence-corrected chi connectivity index (χ3v) is 2.82. The molecule has 1 rings (SSSR count). The van der Waals surface area contributed by atoms with Crippen LogP contribution in [0.25, 0.3) is 0 Å². The lowest BCUT2D eigenvalue weighted by Gasteiger charge is -2.21. The first kappa shape index (κ1) is 15.9. The van der Waals surface area contributed by atoms with Crippen molar-refractivity contribution in [1.29, 1.82) is 0 Å². The Labute approximate surface area is 119 Å². The molecule has 0 aliphatic rings. The van der Waals surface area contributed by atoms with Gasteiger partial charge in [-0.3, -0.25) is 4.79 Å². The van der Waals surface area contributed by atoms with Gasteiger partial charge in [0.2, 0.25) is 0 Å². The quantitative estimate of drug-likeness (QED) is 0.713. The Hall–Kier alpha value is -1.17. The Bertz CT molecular complexity index is 392. The summed E-state index contributed by atoms with van der Waals surface area (Å²) >= 11 is 3.30. The second-order valence-corrected chi connectivity index (χ2v) is 4.68. The van der Waals surface area contributed by atoms with Gasteiger partial charge in [0.15, 0.2) is 0 Å². The van der Waals surface area contributed by atoms with Crippen molar-refractivity contribution >= 4 is 21.8 Å². The number of hydrogen-bond donors (Lipinski definition) is 0. The van der Waals surface area contributed by atoms with E-state index in [1.165, 1.54) is 24.3 Å². The molecule has 0 bridgehead atoms. The standard InChI is InChI=1S/C13H16BrF2NO2/c1-2-8-17(9-7-14)12(18)10-3-5-11(6-4-10)19-13(15)16/h3-6,13H,2,7-9H2,1H3. The minimum Gasteiger partial charge on any atom is -0.435 e. The predicted molar refractivity (Wildman–Crippen MR) is 73.1 cm³/mol. The molecule has 0 spiro atoms. The fourth-order valence-corrected chi connectivity index (χ4v) is 2.08. The second kappa shape index (κ2) is 8.09. The van der Waals surface area contributed by atoms with Gasteiger partial charge in [-0.1, -0.05) is 22.9 Å². The van der Waals surface area contributed by atoms with Crippen molar-refractivity contribution < 1.29 is 18.3 Å². The van der Waals surface area contributed by atoms with E-state index in [4.69, 9.17) is 0 Å². The van der Waals surface area contributed by atoms with Crippen molar-refractivity contribution in [2.24, 2.45) is 0 Å². The van der Waals surface area contributed by atoms with E-state index in [9.17, 15) is 13.6 Å². The van der Waals surface area contributed by atoms with Crippen LogP contribution in [0.2, 0.25) is 0 Å². The molecule has 0 aromatic heterocycles. The molecule has 0 aliphatic heterocycles. The Morgan fingerprint density at radius 3 is 2.42 bits per heavy atom. The molecular weight excluding hydrogens is 320 g/mol. The third kappa shape index (κ3) is 5.14. The van der Waals surface area contributed by atoms with Crippen LogP contribution in [-0.4, -0.2) is 35.8 Å². The number of alkyl halides is 3.